The molecule has 0 saturated heterocycles. The summed E-state index contributed by atoms with van der Waals surface area (Å²) in [5.74, 6) is 3.41. The first-order valence-corrected chi connectivity index (χ1v) is 9.00. The van der Waals surface area contributed by atoms with Crippen LogP contribution in [0.4, 0.5) is 8.78 Å². The van der Waals surface area contributed by atoms with Crippen molar-refractivity contribution in [2.24, 2.45) is 0 Å². The quantitative estimate of drug-likeness (QED) is 0.842. The Morgan fingerprint density at radius 3 is 2.56 bits per heavy atom. The smallest absolute Gasteiger partial charge is 0.304 e. The molecule has 1 heterocycles. The summed E-state index contributed by atoms with van der Waals surface area (Å²) in [5.41, 5.74) is 3.03. The molecule has 0 unspecified atom stereocenters. The molecule has 2 aromatic rings. The molecule has 3 nitrogen and oxygen atoms in total. The Morgan fingerprint density at radius 1 is 1.15 bits per heavy atom. The predicted molar refractivity (Wildman–Crippen MR) is 97.2 cm³/mol. The van der Waals surface area contributed by atoms with Gasteiger partial charge in [0, 0.05) is 30.6 Å². The van der Waals surface area contributed by atoms with Gasteiger partial charge in [-0.25, -0.2) is 8.78 Å². The van der Waals surface area contributed by atoms with Crippen molar-refractivity contribution in [1.82, 2.24) is 4.90 Å². The van der Waals surface area contributed by atoms with Gasteiger partial charge in [-0.15, -0.1) is 0 Å². The van der Waals surface area contributed by atoms with Crippen LogP contribution in [0.5, 0.6) is 0 Å². The van der Waals surface area contributed by atoms with E-state index < -0.39 is 17.6 Å². The van der Waals surface area contributed by atoms with E-state index in [1.165, 1.54) is 29.3 Å². The zero-order valence-electron chi connectivity index (χ0n) is 14.8. The summed E-state index contributed by atoms with van der Waals surface area (Å²) in [5, 5.41) is 8.92. The number of benzene rings is 2. The maximum Gasteiger partial charge on any atom is 0.304 e. The molecule has 2 aliphatic rings. The maximum atomic E-state index is 13.7. The van der Waals surface area contributed by atoms with E-state index in [0.717, 1.165) is 31.5 Å². The monoisotopic (exact) mass is 367 g/mol. The molecule has 0 radical (unpaired) electrons. The van der Waals surface area contributed by atoms with Crippen molar-refractivity contribution in [3.63, 3.8) is 0 Å². The van der Waals surface area contributed by atoms with Crippen LogP contribution in [0.2, 0.25) is 0 Å². The third-order valence-electron chi connectivity index (χ3n) is 5.39. The lowest BCUT2D eigenvalue weighted by atomic mass is 9.85. The van der Waals surface area contributed by atoms with E-state index in [4.69, 9.17) is 5.11 Å². The summed E-state index contributed by atoms with van der Waals surface area (Å²) < 4.78 is 27.5. The first-order chi connectivity index (χ1) is 13.0. The average molecular weight is 367 g/mol. The Morgan fingerprint density at radius 2 is 1.89 bits per heavy atom. The molecular formula is C22H19F2NO2. The lowest BCUT2D eigenvalue weighted by Crippen LogP contribution is -2.39. The van der Waals surface area contributed by atoms with Crippen molar-refractivity contribution >= 4 is 5.97 Å². The minimum absolute atomic E-state index is 0.0764. The van der Waals surface area contributed by atoms with Crippen LogP contribution in [0.1, 0.15) is 41.5 Å². The second kappa shape index (κ2) is 6.79. The number of carboxylic acids is 1. The minimum atomic E-state index is -0.781. The van der Waals surface area contributed by atoms with E-state index in [0.29, 0.717) is 6.54 Å². The molecule has 1 fully saturated rings. The number of hydrogen-bond donors (Lipinski definition) is 1. The van der Waals surface area contributed by atoms with E-state index in [9.17, 15) is 13.6 Å². The molecule has 0 aromatic heterocycles. The topological polar surface area (TPSA) is 40.5 Å². The van der Waals surface area contributed by atoms with Gasteiger partial charge in [0.05, 0.1) is 12.0 Å². The molecule has 2 aromatic carbocycles. The second-order valence-electron chi connectivity index (χ2n) is 7.35. The molecule has 1 aliphatic carbocycles. The summed E-state index contributed by atoms with van der Waals surface area (Å²) in [6.45, 7) is 2.12. The SMILES string of the molecule is O=C(O)CCN1Cc2ccc(C#Cc3c(F)cccc3F)cc2C2(CC2)C1. The predicted octanol–water partition coefficient (Wildman–Crippen LogP) is 3.69. The molecule has 5 heteroatoms. The molecule has 0 bridgehead atoms. The first-order valence-electron chi connectivity index (χ1n) is 9.00. The molecule has 27 heavy (non-hydrogen) atoms. The van der Waals surface area contributed by atoms with Crippen molar-refractivity contribution < 1.29 is 18.7 Å². The minimum Gasteiger partial charge on any atom is -0.481 e. The molecule has 0 amide bonds. The fraction of sp³-hybridized carbons (Fsp3) is 0.318. The van der Waals surface area contributed by atoms with Crippen molar-refractivity contribution in [2.45, 2.75) is 31.2 Å². The fourth-order valence-electron chi connectivity index (χ4n) is 3.84. The van der Waals surface area contributed by atoms with Gasteiger partial charge in [-0.3, -0.25) is 9.69 Å². The van der Waals surface area contributed by atoms with Crippen LogP contribution in [0.25, 0.3) is 0 Å². The Labute approximate surface area is 156 Å². The van der Waals surface area contributed by atoms with Crippen LogP contribution >= 0.6 is 0 Å². The van der Waals surface area contributed by atoms with Gasteiger partial charge in [-0.1, -0.05) is 24.0 Å². The zero-order chi connectivity index (χ0) is 19.0. The molecule has 4 rings (SSSR count). The van der Waals surface area contributed by atoms with E-state index in [1.807, 2.05) is 18.2 Å². The lowest BCUT2D eigenvalue weighted by molar-refractivity contribution is -0.137. The van der Waals surface area contributed by atoms with E-state index in [-0.39, 0.29) is 17.4 Å². The van der Waals surface area contributed by atoms with E-state index in [2.05, 4.69) is 16.7 Å². The summed E-state index contributed by atoms with van der Waals surface area (Å²) in [6, 6.07) is 9.62. The highest BCUT2D eigenvalue weighted by atomic mass is 19.1. The average Bonchev–Trinajstić information content (AvgIpc) is 3.40. The zero-order valence-corrected chi connectivity index (χ0v) is 14.8. The number of fused-ring (bicyclic) bond motifs is 2. The van der Waals surface area contributed by atoms with Crippen LogP contribution in [-0.2, 0) is 16.8 Å². The second-order valence-corrected chi connectivity index (χ2v) is 7.35. The summed E-state index contributed by atoms with van der Waals surface area (Å²) in [7, 11) is 0. The summed E-state index contributed by atoms with van der Waals surface area (Å²) in [4.78, 5) is 13.0. The lowest BCUT2D eigenvalue weighted by Gasteiger charge is -2.35. The van der Waals surface area contributed by atoms with Gasteiger partial charge in [-0.2, -0.15) is 0 Å². The molecule has 1 N–H and O–H groups in total. The van der Waals surface area contributed by atoms with Gasteiger partial charge in [0.1, 0.15) is 11.6 Å². The number of halogens is 2. The molecule has 1 spiro atoms. The van der Waals surface area contributed by atoms with Crippen LogP contribution in [-0.4, -0.2) is 29.1 Å². The number of carbonyl (C=O) groups is 1. The van der Waals surface area contributed by atoms with Crippen molar-refractivity contribution in [2.75, 3.05) is 13.1 Å². The highest BCUT2D eigenvalue weighted by Gasteiger charge is 2.48. The Hall–Kier alpha value is -2.71. The van der Waals surface area contributed by atoms with Crippen molar-refractivity contribution in [3.05, 3.63) is 70.3 Å². The standard InChI is InChI=1S/C22H19F2NO2/c23-19-2-1-3-20(24)17(19)7-5-15-4-6-16-13-25(11-8-21(26)27)14-22(9-10-22)18(16)12-15/h1-4,6,12H,8-11,13-14H2,(H,26,27). The number of hydrogen-bond acceptors (Lipinski definition) is 2. The summed E-state index contributed by atoms with van der Waals surface area (Å²) >= 11 is 0. The van der Waals surface area contributed by atoms with Crippen molar-refractivity contribution in [3.8, 4) is 11.8 Å². The number of carboxylic acid groups (broad SMARTS) is 1. The molecular weight excluding hydrogens is 348 g/mol. The number of rotatable bonds is 3. The first kappa shape index (κ1) is 17.7. The van der Waals surface area contributed by atoms with E-state index >= 15 is 0 Å². The van der Waals surface area contributed by atoms with Crippen LogP contribution in [0.3, 0.4) is 0 Å². The van der Waals surface area contributed by atoms with Crippen LogP contribution in [0, 0.1) is 23.5 Å². The highest BCUT2D eigenvalue weighted by molar-refractivity contribution is 5.66. The molecule has 138 valence electrons. The molecule has 0 atom stereocenters. The third-order valence-corrected chi connectivity index (χ3v) is 5.39. The van der Waals surface area contributed by atoms with Gasteiger partial charge in [0.15, 0.2) is 0 Å². The normalized spacial score (nSPS) is 17.1. The van der Waals surface area contributed by atoms with Crippen molar-refractivity contribution in [1.29, 1.82) is 0 Å². The van der Waals surface area contributed by atoms with Crippen LogP contribution in [0.15, 0.2) is 36.4 Å². The van der Waals surface area contributed by atoms with Crippen LogP contribution < -0.4 is 0 Å². The fourth-order valence-corrected chi connectivity index (χ4v) is 3.84. The van der Waals surface area contributed by atoms with Gasteiger partial charge in [0.2, 0.25) is 0 Å². The Bertz CT molecular complexity index is 950. The third kappa shape index (κ3) is 3.58. The molecule has 1 aliphatic heterocycles. The Kier molecular flexibility index (Phi) is 4.45. The largest absolute Gasteiger partial charge is 0.481 e. The van der Waals surface area contributed by atoms with Gasteiger partial charge >= 0.3 is 5.97 Å². The van der Waals surface area contributed by atoms with E-state index in [1.54, 1.807) is 0 Å². The molecule has 1 saturated carbocycles. The maximum absolute atomic E-state index is 13.7. The van der Waals surface area contributed by atoms with Gasteiger partial charge < -0.3 is 5.11 Å². The highest BCUT2D eigenvalue weighted by Crippen LogP contribution is 2.52. The van der Waals surface area contributed by atoms with Gasteiger partial charge in [0.25, 0.3) is 0 Å². The van der Waals surface area contributed by atoms with Gasteiger partial charge in [-0.05, 0) is 48.2 Å². The number of aliphatic carboxylic acids is 1. The summed E-state index contributed by atoms with van der Waals surface area (Å²) in [6.07, 6.45) is 2.29. The Balaban J connectivity index is 1.60. The number of nitrogens with zero attached hydrogens (tertiary/aromatic N) is 1.